The Hall–Kier alpha value is -2.86. The van der Waals surface area contributed by atoms with Gasteiger partial charge in [0, 0.05) is 16.8 Å². The molecule has 23 heavy (non-hydrogen) atoms. The molecule has 3 N–H and O–H groups in total. The summed E-state index contributed by atoms with van der Waals surface area (Å²) in [6, 6.07) is 11.5. The highest BCUT2D eigenvalue weighted by Gasteiger charge is 2.12. The Balaban J connectivity index is 2.20. The van der Waals surface area contributed by atoms with Crippen LogP contribution in [0.2, 0.25) is 0 Å². The molecule has 0 aliphatic heterocycles. The SMILES string of the molecule is COc1ccc(C(=O)Nc2cccc(C(=O)CN)c2)cc1OC. The molecule has 0 radical (unpaired) electrons. The average Bonchev–Trinajstić information content (AvgIpc) is 2.60. The van der Waals surface area contributed by atoms with E-state index in [1.807, 2.05) is 0 Å². The van der Waals surface area contributed by atoms with Gasteiger partial charge in [0.25, 0.3) is 5.91 Å². The minimum Gasteiger partial charge on any atom is -0.493 e. The Morgan fingerprint density at radius 2 is 1.74 bits per heavy atom. The fourth-order valence-corrected chi connectivity index (χ4v) is 2.07. The Labute approximate surface area is 134 Å². The molecular weight excluding hydrogens is 296 g/mol. The first-order valence-electron chi connectivity index (χ1n) is 6.95. The number of hydrogen-bond acceptors (Lipinski definition) is 5. The van der Waals surface area contributed by atoms with Gasteiger partial charge in [-0.25, -0.2) is 0 Å². The molecule has 0 aliphatic rings. The van der Waals surface area contributed by atoms with Crippen LogP contribution in [-0.2, 0) is 0 Å². The van der Waals surface area contributed by atoms with Gasteiger partial charge in [0.1, 0.15) is 0 Å². The molecule has 2 aromatic rings. The number of hydrogen-bond donors (Lipinski definition) is 2. The van der Waals surface area contributed by atoms with Crippen LogP contribution in [0.1, 0.15) is 20.7 Å². The van der Waals surface area contributed by atoms with E-state index in [1.165, 1.54) is 14.2 Å². The smallest absolute Gasteiger partial charge is 0.255 e. The topological polar surface area (TPSA) is 90.7 Å². The highest BCUT2D eigenvalue weighted by molar-refractivity contribution is 6.05. The van der Waals surface area contributed by atoms with Crippen LogP contribution in [-0.4, -0.2) is 32.5 Å². The third kappa shape index (κ3) is 3.87. The second kappa shape index (κ2) is 7.42. The van der Waals surface area contributed by atoms with Crippen molar-refractivity contribution in [2.75, 3.05) is 26.1 Å². The lowest BCUT2D eigenvalue weighted by atomic mass is 10.1. The van der Waals surface area contributed by atoms with E-state index in [2.05, 4.69) is 5.32 Å². The van der Waals surface area contributed by atoms with Gasteiger partial charge in [0.2, 0.25) is 0 Å². The van der Waals surface area contributed by atoms with Gasteiger partial charge in [-0.05, 0) is 30.3 Å². The van der Waals surface area contributed by atoms with Gasteiger partial charge in [0.15, 0.2) is 17.3 Å². The molecule has 0 aromatic heterocycles. The van der Waals surface area contributed by atoms with E-state index in [4.69, 9.17) is 15.2 Å². The molecule has 0 atom stereocenters. The number of ether oxygens (including phenoxy) is 2. The number of rotatable bonds is 6. The van der Waals surface area contributed by atoms with Gasteiger partial charge in [-0.2, -0.15) is 0 Å². The lowest BCUT2D eigenvalue weighted by molar-refractivity contribution is 0.0997. The lowest BCUT2D eigenvalue weighted by Gasteiger charge is -2.10. The summed E-state index contributed by atoms with van der Waals surface area (Å²) in [4.78, 5) is 23.9. The van der Waals surface area contributed by atoms with Crippen molar-refractivity contribution in [1.29, 1.82) is 0 Å². The Morgan fingerprint density at radius 3 is 2.39 bits per heavy atom. The molecule has 0 aliphatic carbocycles. The normalized spacial score (nSPS) is 10.0. The number of nitrogens with two attached hydrogens (primary N) is 1. The zero-order valence-corrected chi connectivity index (χ0v) is 13.0. The van der Waals surface area contributed by atoms with E-state index in [0.717, 1.165) is 0 Å². The standard InChI is InChI=1S/C17H18N2O4/c1-22-15-7-6-12(9-16(15)23-2)17(21)19-13-5-3-4-11(8-13)14(20)10-18/h3-9H,10,18H2,1-2H3,(H,19,21). The maximum atomic E-state index is 12.3. The molecule has 0 bridgehead atoms. The molecule has 0 saturated carbocycles. The van der Waals surface area contributed by atoms with Crippen molar-refractivity contribution in [3.63, 3.8) is 0 Å². The summed E-state index contributed by atoms with van der Waals surface area (Å²) in [5, 5.41) is 2.74. The molecule has 0 heterocycles. The second-order valence-corrected chi connectivity index (χ2v) is 4.73. The third-order valence-corrected chi connectivity index (χ3v) is 3.27. The number of methoxy groups -OCH3 is 2. The minimum atomic E-state index is -0.316. The Morgan fingerprint density at radius 1 is 1.00 bits per heavy atom. The molecule has 120 valence electrons. The van der Waals surface area contributed by atoms with E-state index in [1.54, 1.807) is 42.5 Å². The maximum Gasteiger partial charge on any atom is 0.255 e. The first-order valence-corrected chi connectivity index (χ1v) is 6.95. The van der Waals surface area contributed by atoms with Crippen LogP contribution < -0.4 is 20.5 Å². The first-order chi connectivity index (χ1) is 11.1. The van der Waals surface area contributed by atoms with E-state index < -0.39 is 0 Å². The zero-order chi connectivity index (χ0) is 16.8. The van der Waals surface area contributed by atoms with Crippen LogP contribution in [0.3, 0.4) is 0 Å². The van der Waals surface area contributed by atoms with Crippen molar-refractivity contribution in [2.45, 2.75) is 0 Å². The molecule has 6 heteroatoms. The number of benzene rings is 2. The van der Waals surface area contributed by atoms with Crippen molar-refractivity contribution in [3.05, 3.63) is 53.6 Å². The van der Waals surface area contributed by atoms with Gasteiger partial charge in [0.05, 0.1) is 20.8 Å². The number of anilines is 1. The third-order valence-electron chi connectivity index (χ3n) is 3.27. The molecule has 0 fully saturated rings. The van der Waals surface area contributed by atoms with Crippen LogP contribution in [0.15, 0.2) is 42.5 Å². The summed E-state index contributed by atoms with van der Waals surface area (Å²) in [7, 11) is 3.03. The fraction of sp³-hybridized carbons (Fsp3) is 0.176. The zero-order valence-electron chi connectivity index (χ0n) is 13.0. The number of Topliss-reactive ketones (excluding diaryl/α,β-unsaturated/α-hetero) is 1. The van der Waals surface area contributed by atoms with Crippen LogP contribution in [0.5, 0.6) is 11.5 Å². The van der Waals surface area contributed by atoms with Crippen LogP contribution in [0.4, 0.5) is 5.69 Å². The summed E-state index contributed by atoms with van der Waals surface area (Å²) in [5.74, 6) is 0.502. The van der Waals surface area contributed by atoms with Crippen molar-refractivity contribution < 1.29 is 19.1 Å². The molecule has 6 nitrogen and oxygen atoms in total. The summed E-state index contributed by atoms with van der Waals surface area (Å²) >= 11 is 0. The van der Waals surface area contributed by atoms with Gasteiger partial charge >= 0.3 is 0 Å². The van der Waals surface area contributed by atoms with Gasteiger partial charge in [-0.15, -0.1) is 0 Å². The highest BCUT2D eigenvalue weighted by Crippen LogP contribution is 2.27. The summed E-state index contributed by atoms with van der Waals surface area (Å²) in [5.41, 5.74) is 6.73. The van der Waals surface area contributed by atoms with E-state index >= 15 is 0 Å². The number of ketones is 1. The molecular formula is C17H18N2O4. The van der Waals surface area contributed by atoms with Crippen molar-refractivity contribution in [2.24, 2.45) is 5.73 Å². The summed E-state index contributed by atoms with van der Waals surface area (Å²) in [6.07, 6.45) is 0. The Kier molecular flexibility index (Phi) is 5.32. The molecule has 0 unspecified atom stereocenters. The Bertz CT molecular complexity index is 728. The molecule has 0 saturated heterocycles. The summed E-state index contributed by atoms with van der Waals surface area (Å²) < 4.78 is 10.3. The van der Waals surface area contributed by atoms with Gasteiger partial charge < -0.3 is 20.5 Å². The van der Waals surface area contributed by atoms with E-state index in [0.29, 0.717) is 28.3 Å². The lowest BCUT2D eigenvalue weighted by Crippen LogP contribution is -2.15. The molecule has 1 amide bonds. The van der Waals surface area contributed by atoms with Crippen LogP contribution in [0, 0.1) is 0 Å². The average molecular weight is 314 g/mol. The van der Waals surface area contributed by atoms with Crippen molar-refractivity contribution in [1.82, 2.24) is 0 Å². The maximum absolute atomic E-state index is 12.3. The first kappa shape index (κ1) is 16.5. The quantitative estimate of drug-likeness (QED) is 0.797. The van der Waals surface area contributed by atoms with Crippen molar-refractivity contribution in [3.8, 4) is 11.5 Å². The van der Waals surface area contributed by atoms with Gasteiger partial charge in [-0.3, -0.25) is 9.59 Å². The molecule has 0 spiro atoms. The number of nitrogens with one attached hydrogen (secondary N) is 1. The number of carbonyl (C=O) groups is 2. The monoisotopic (exact) mass is 314 g/mol. The minimum absolute atomic E-state index is 0.0763. The predicted molar refractivity (Wildman–Crippen MR) is 87.3 cm³/mol. The fourth-order valence-electron chi connectivity index (χ4n) is 2.07. The van der Waals surface area contributed by atoms with Crippen LogP contribution >= 0.6 is 0 Å². The molecule has 2 rings (SSSR count). The second-order valence-electron chi connectivity index (χ2n) is 4.73. The molecule has 2 aromatic carbocycles. The van der Waals surface area contributed by atoms with E-state index in [9.17, 15) is 9.59 Å². The highest BCUT2D eigenvalue weighted by atomic mass is 16.5. The number of amides is 1. The van der Waals surface area contributed by atoms with E-state index in [-0.39, 0.29) is 18.2 Å². The largest absolute Gasteiger partial charge is 0.493 e. The summed E-state index contributed by atoms with van der Waals surface area (Å²) in [6.45, 7) is -0.0763. The predicted octanol–water partition coefficient (Wildman–Crippen LogP) is 2.10. The van der Waals surface area contributed by atoms with Crippen LogP contribution in [0.25, 0.3) is 0 Å². The van der Waals surface area contributed by atoms with Gasteiger partial charge in [-0.1, -0.05) is 12.1 Å². The number of carbonyl (C=O) groups excluding carboxylic acids is 2. The van der Waals surface area contributed by atoms with Crippen molar-refractivity contribution >= 4 is 17.4 Å².